The monoisotopic (exact) mass is 223 g/mol. The molecular formula is C14H13N3. The third-order valence-corrected chi connectivity index (χ3v) is 2.74. The SMILES string of the molecule is Cc1ccn(-c2c[nH]c(-c3ccccc3)c2)n1. The minimum absolute atomic E-state index is 1.02. The molecular weight excluding hydrogens is 210 g/mol. The minimum Gasteiger partial charge on any atom is -0.359 e. The lowest BCUT2D eigenvalue weighted by Gasteiger charge is -1.96. The van der Waals surface area contributed by atoms with E-state index in [0.29, 0.717) is 0 Å². The van der Waals surface area contributed by atoms with E-state index in [9.17, 15) is 0 Å². The molecule has 0 unspecified atom stereocenters. The maximum Gasteiger partial charge on any atom is 0.0826 e. The molecule has 1 N–H and O–H groups in total. The van der Waals surface area contributed by atoms with E-state index in [4.69, 9.17) is 0 Å². The minimum atomic E-state index is 1.02. The fourth-order valence-corrected chi connectivity index (χ4v) is 1.86. The van der Waals surface area contributed by atoms with E-state index in [-0.39, 0.29) is 0 Å². The molecule has 0 fully saturated rings. The van der Waals surface area contributed by atoms with Gasteiger partial charge in [0.25, 0.3) is 0 Å². The topological polar surface area (TPSA) is 33.6 Å². The summed E-state index contributed by atoms with van der Waals surface area (Å²) in [5, 5.41) is 4.38. The molecule has 0 saturated carbocycles. The Morgan fingerprint density at radius 2 is 1.94 bits per heavy atom. The highest BCUT2D eigenvalue weighted by molar-refractivity contribution is 5.62. The summed E-state index contributed by atoms with van der Waals surface area (Å²) < 4.78 is 1.87. The molecule has 0 spiro atoms. The number of H-pyrrole nitrogens is 1. The van der Waals surface area contributed by atoms with E-state index in [2.05, 4.69) is 28.3 Å². The van der Waals surface area contributed by atoms with Gasteiger partial charge in [0.15, 0.2) is 0 Å². The zero-order valence-corrected chi connectivity index (χ0v) is 9.59. The Balaban J connectivity index is 1.99. The van der Waals surface area contributed by atoms with Crippen molar-refractivity contribution >= 4 is 0 Å². The molecule has 3 heteroatoms. The van der Waals surface area contributed by atoms with Crippen LogP contribution in [0.3, 0.4) is 0 Å². The third kappa shape index (κ3) is 1.87. The fourth-order valence-electron chi connectivity index (χ4n) is 1.86. The number of nitrogens with one attached hydrogen (secondary N) is 1. The van der Waals surface area contributed by atoms with E-state index in [1.807, 2.05) is 48.3 Å². The Morgan fingerprint density at radius 1 is 1.12 bits per heavy atom. The number of benzene rings is 1. The van der Waals surface area contributed by atoms with Gasteiger partial charge in [-0.05, 0) is 24.6 Å². The van der Waals surface area contributed by atoms with Gasteiger partial charge in [0.1, 0.15) is 0 Å². The Morgan fingerprint density at radius 3 is 2.65 bits per heavy atom. The van der Waals surface area contributed by atoms with Crippen LogP contribution in [-0.4, -0.2) is 14.8 Å². The van der Waals surface area contributed by atoms with E-state index in [1.54, 1.807) is 0 Å². The summed E-state index contributed by atoms with van der Waals surface area (Å²) in [6.45, 7) is 1.99. The number of aromatic nitrogens is 3. The highest BCUT2D eigenvalue weighted by Crippen LogP contribution is 2.20. The zero-order chi connectivity index (χ0) is 11.7. The molecule has 2 aromatic heterocycles. The molecule has 1 aromatic carbocycles. The second kappa shape index (κ2) is 3.94. The van der Waals surface area contributed by atoms with Gasteiger partial charge < -0.3 is 4.98 Å². The van der Waals surface area contributed by atoms with Crippen LogP contribution in [0.15, 0.2) is 54.9 Å². The molecule has 3 nitrogen and oxygen atoms in total. The van der Waals surface area contributed by atoms with Crippen LogP contribution >= 0.6 is 0 Å². The van der Waals surface area contributed by atoms with Gasteiger partial charge in [-0.3, -0.25) is 0 Å². The van der Waals surface area contributed by atoms with E-state index in [1.165, 1.54) is 5.56 Å². The lowest BCUT2D eigenvalue weighted by atomic mass is 10.2. The number of hydrogen-bond acceptors (Lipinski definition) is 1. The van der Waals surface area contributed by atoms with Crippen molar-refractivity contribution in [3.8, 4) is 16.9 Å². The van der Waals surface area contributed by atoms with Gasteiger partial charge in [0.2, 0.25) is 0 Å². The normalized spacial score (nSPS) is 10.6. The quantitative estimate of drug-likeness (QED) is 0.711. The largest absolute Gasteiger partial charge is 0.359 e. The molecule has 0 amide bonds. The number of aryl methyl sites for hydroxylation is 1. The number of rotatable bonds is 2. The number of aromatic amines is 1. The van der Waals surface area contributed by atoms with Crippen LogP contribution < -0.4 is 0 Å². The predicted molar refractivity (Wildman–Crippen MR) is 68.1 cm³/mol. The molecule has 3 rings (SSSR count). The van der Waals surface area contributed by atoms with Crippen LogP contribution in [0.5, 0.6) is 0 Å². The van der Waals surface area contributed by atoms with Crippen LogP contribution in [0.2, 0.25) is 0 Å². The first-order valence-corrected chi connectivity index (χ1v) is 5.59. The lowest BCUT2D eigenvalue weighted by Crippen LogP contribution is -1.91. The standard InChI is InChI=1S/C14H13N3/c1-11-7-8-17(16-11)13-9-14(15-10-13)12-5-3-2-4-6-12/h2-10,15H,1H3. The molecule has 0 saturated heterocycles. The first-order valence-electron chi connectivity index (χ1n) is 5.59. The zero-order valence-electron chi connectivity index (χ0n) is 9.59. The van der Waals surface area contributed by atoms with Crippen molar-refractivity contribution in [3.63, 3.8) is 0 Å². The highest BCUT2D eigenvalue weighted by Gasteiger charge is 2.03. The fraction of sp³-hybridized carbons (Fsp3) is 0.0714. The average Bonchev–Trinajstić information content (AvgIpc) is 2.98. The van der Waals surface area contributed by atoms with E-state index < -0.39 is 0 Å². The van der Waals surface area contributed by atoms with Gasteiger partial charge in [-0.2, -0.15) is 5.10 Å². The van der Waals surface area contributed by atoms with Crippen molar-refractivity contribution in [2.75, 3.05) is 0 Å². The lowest BCUT2D eigenvalue weighted by molar-refractivity contribution is 0.864. The highest BCUT2D eigenvalue weighted by atomic mass is 15.3. The smallest absolute Gasteiger partial charge is 0.0826 e. The number of nitrogens with zero attached hydrogens (tertiary/aromatic N) is 2. The van der Waals surface area contributed by atoms with Crippen molar-refractivity contribution in [1.82, 2.24) is 14.8 Å². The summed E-state index contributed by atoms with van der Waals surface area (Å²) in [6, 6.07) is 14.4. The van der Waals surface area contributed by atoms with Gasteiger partial charge in [0, 0.05) is 18.1 Å². The van der Waals surface area contributed by atoms with E-state index in [0.717, 1.165) is 17.1 Å². The van der Waals surface area contributed by atoms with Gasteiger partial charge in [-0.1, -0.05) is 30.3 Å². The Kier molecular flexibility index (Phi) is 2.29. The Bertz CT molecular complexity index is 620. The van der Waals surface area contributed by atoms with Crippen molar-refractivity contribution in [2.24, 2.45) is 0 Å². The summed E-state index contributed by atoms with van der Waals surface area (Å²) in [5.74, 6) is 0. The van der Waals surface area contributed by atoms with Crippen molar-refractivity contribution < 1.29 is 0 Å². The summed E-state index contributed by atoms with van der Waals surface area (Å²) in [7, 11) is 0. The summed E-state index contributed by atoms with van der Waals surface area (Å²) in [4.78, 5) is 3.27. The molecule has 84 valence electrons. The third-order valence-electron chi connectivity index (χ3n) is 2.74. The van der Waals surface area contributed by atoms with Crippen LogP contribution in [0.4, 0.5) is 0 Å². The van der Waals surface area contributed by atoms with Gasteiger partial charge in [-0.25, -0.2) is 4.68 Å². The second-order valence-corrected chi connectivity index (χ2v) is 4.04. The van der Waals surface area contributed by atoms with Gasteiger partial charge >= 0.3 is 0 Å². The molecule has 0 atom stereocenters. The second-order valence-electron chi connectivity index (χ2n) is 4.04. The molecule has 0 bridgehead atoms. The van der Waals surface area contributed by atoms with Crippen LogP contribution in [0.25, 0.3) is 16.9 Å². The molecule has 0 aliphatic carbocycles. The van der Waals surface area contributed by atoms with Crippen molar-refractivity contribution in [1.29, 1.82) is 0 Å². The molecule has 17 heavy (non-hydrogen) atoms. The average molecular weight is 223 g/mol. The van der Waals surface area contributed by atoms with E-state index >= 15 is 0 Å². The Hall–Kier alpha value is -2.29. The van der Waals surface area contributed by atoms with Gasteiger partial charge in [-0.15, -0.1) is 0 Å². The number of hydrogen-bond donors (Lipinski definition) is 1. The Labute approximate surface area is 99.7 Å². The maximum absolute atomic E-state index is 4.38. The molecule has 2 heterocycles. The van der Waals surface area contributed by atoms with Crippen LogP contribution in [0, 0.1) is 6.92 Å². The summed E-state index contributed by atoms with van der Waals surface area (Å²) in [6.07, 6.45) is 3.93. The summed E-state index contributed by atoms with van der Waals surface area (Å²) >= 11 is 0. The van der Waals surface area contributed by atoms with Crippen LogP contribution in [-0.2, 0) is 0 Å². The first kappa shape index (κ1) is 9.90. The van der Waals surface area contributed by atoms with Gasteiger partial charge in [0.05, 0.1) is 11.4 Å². The first-order chi connectivity index (χ1) is 8.33. The molecule has 0 aliphatic rings. The van der Waals surface area contributed by atoms with Crippen molar-refractivity contribution in [3.05, 3.63) is 60.6 Å². The molecule has 0 aliphatic heterocycles. The predicted octanol–water partition coefficient (Wildman–Crippen LogP) is 3.18. The molecule has 3 aromatic rings. The van der Waals surface area contributed by atoms with Crippen molar-refractivity contribution in [2.45, 2.75) is 6.92 Å². The summed E-state index contributed by atoms with van der Waals surface area (Å²) in [5.41, 5.74) is 4.36. The maximum atomic E-state index is 4.38. The van der Waals surface area contributed by atoms with Crippen LogP contribution in [0.1, 0.15) is 5.69 Å². The molecule has 0 radical (unpaired) electrons.